The molecule has 1 aromatic carbocycles. The molecule has 2 aromatic rings. The summed E-state index contributed by atoms with van der Waals surface area (Å²) in [5.74, 6) is -0.781. The van der Waals surface area contributed by atoms with Gasteiger partial charge >= 0.3 is 0 Å². The maximum absolute atomic E-state index is 13.3. The Kier molecular flexibility index (Phi) is 5.17. The predicted molar refractivity (Wildman–Crippen MR) is 86.2 cm³/mol. The molecule has 1 N–H and O–H groups in total. The average molecular weight is 334 g/mol. The van der Waals surface area contributed by atoms with E-state index in [1.165, 1.54) is 23.0 Å². The highest BCUT2D eigenvalue weighted by Gasteiger charge is 2.11. The number of carbonyl (C=O) groups is 1. The molecule has 24 heavy (non-hydrogen) atoms. The molecule has 0 radical (unpaired) electrons. The van der Waals surface area contributed by atoms with E-state index in [0.29, 0.717) is 25.3 Å². The summed E-state index contributed by atoms with van der Waals surface area (Å²) in [6.07, 6.45) is 1.31. The van der Waals surface area contributed by atoms with Gasteiger partial charge in [0.2, 0.25) is 5.91 Å². The van der Waals surface area contributed by atoms with Gasteiger partial charge in [-0.25, -0.2) is 9.37 Å². The van der Waals surface area contributed by atoms with Crippen molar-refractivity contribution < 1.29 is 13.9 Å². The van der Waals surface area contributed by atoms with Crippen molar-refractivity contribution in [1.82, 2.24) is 19.8 Å². The van der Waals surface area contributed by atoms with Crippen LogP contribution < -0.4 is 10.9 Å². The summed E-state index contributed by atoms with van der Waals surface area (Å²) in [6.45, 7) is 4.24. The largest absolute Gasteiger partial charge is 0.379 e. The van der Waals surface area contributed by atoms with Crippen molar-refractivity contribution in [1.29, 1.82) is 0 Å². The molecule has 1 aliphatic heterocycles. The highest BCUT2D eigenvalue weighted by Crippen LogP contribution is 2.08. The van der Waals surface area contributed by atoms with Gasteiger partial charge in [0.15, 0.2) is 0 Å². The van der Waals surface area contributed by atoms with Crippen LogP contribution in [0.2, 0.25) is 0 Å². The van der Waals surface area contributed by atoms with Crippen LogP contribution in [0.5, 0.6) is 0 Å². The second-order valence-corrected chi connectivity index (χ2v) is 5.64. The first-order valence-electron chi connectivity index (χ1n) is 7.85. The van der Waals surface area contributed by atoms with E-state index < -0.39 is 11.4 Å². The van der Waals surface area contributed by atoms with Crippen LogP contribution in [0.3, 0.4) is 0 Å². The number of halogens is 1. The third-order valence-corrected chi connectivity index (χ3v) is 3.95. The molecular formula is C16H19FN4O3. The van der Waals surface area contributed by atoms with Crippen molar-refractivity contribution in [2.75, 3.05) is 39.4 Å². The molecule has 2 heterocycles. The van der Waals surface area contributed by atoms with Crippen LogP contribution in [-0.2, 0) is 16.1 Å². The summed E-state index contributed by atoms with van der Waals surface area (Å²) >= 11 is 0. The van der Waals surface area contributed by atoms with E-state index in [0.717, 1.165) is 25.7 Å². The van der Waals surface area contributed by atoms with Gasteiger partial charge in [-0.2, -0.15) is 0 Å². The van der Waals surface area contributed by atoms with Gasteiger partial charge in [0, 0.05) is 26.2 Å². The molecule has 3 rings (SSSR count). The molecule has 1 saturated heterocycles. The molecular weight excluding hydrogens is 315 g/mol. The maximum atomic E-state index is 13.3. The van der Waals surface area contributed by atoms with Gasteiger partial charge in [0.05, 0.1) is 30.4 Å². The minimum Gasteiger partial charge on any atom is -0.379 e. The number of hydrogen-bond donors (Lipinski definition) is 1. The number of aromatic nitrogens is 2. The van der Waals surface area contributed by atoms with E-state index in [-0.39, 0.29) is 17.8 Å². The quantitative estimate of drug-likeness (QED) is 0.832. The molecule has 128 valence electrons. The number of morpholine rings is 1. The van der Waals surface area contributed by atoms with Crippen LogP contribution in [0.15, 0.2) is 29.3 Å². The van der Waals surface area contributed by atoms with Crippen molar-refractivity contribution in [3.05, 3.63) is 40.7 Å². The molecule has 0 bridgehead atoms. The van der Waals surface area contributed by atoms with Gasteiger partial charge < -0.3 is 10.1 Å². The van der Waals surface area contributed by atoms with E-state index in [2.05, 4.69) is 15.2 Å². The maximum Gasteiger partial charge on any atom is 0.261 e. The normalized spacial score (nSPS) is 15.5. The van der Waals surface area contributed by atoms with Crippen molar-refractivity contribution >= 4 is 16.8 Å². The second kappa shape index (κ2) is 7.50. The predicted octanol–water partition coefficient (Wildman–Crippen LogP) is -0.0160. The van der Waals surface area contributed by atoms with E-state index in [1.54, 1.807) is 0 Å². The number of nitrogens with one attached hydrogen (secondary N) is 1. The molecule has 1 aliphatic rings. The van der Waals surface area contributed by atoms with Crippen molar-refractivity contribution in [3.63, 3.8) is 0 Å². The molecule has 8 heteroatoms. The van der Waals surface area contributed by atoms with E-state index >= 15 is 0 Å². The first-order valence-corrected chi connectivity index (χ1v) is 7.85. The molecule has 7 nitrogen and oxygen atoms in total. The summed E-state index contributed by atoms with van der Waals surface area (Å²) in [5, 5.41) is 2.95. The zero-order chi connectivity index (χ0) is 16.9. The lowest BCUT2D eigenvalue weighted by Gasteiger charge is -2.26. The fourth-order valence-electron chi connectivity index (χ4n) is 2.63. The monoisotopic (exact) mass is 334 g/mol. The summed E-state index contributed by atoms with van der Waals surface area (Å²) in [7, 11) is 0. The Hall–Kier alpha value is -2.32. The van der Waals surface area contributed by atoms with Gasteiger partial charge in [0.1, 0.15) is 12.4 Å². The fraction of sp³-hybridized carbons (Fsp3) is 0.438. The lowest BCUT2D eigenvalue weighted by molar-refractivity contribution is -0.121. The second-order valence-electron chi connectivity index (χ2n) is 5.64. The van der Waals surface area contributed by atoms with Crippen molar-refractivity contribution in [3.8, 4) is 0 Å². The number of benzene rings is 1. The fourth-order valence-corrected chi connectivity index (χ4v) is 2.63. The van der Waals surface area contributed by atoms with Gasteiger partial charge in [-0.15, -0.1) is 0 Å². The Morgan fingerprint density at radius 2 is 2.12 bits per heavy atom. The van der Waals surface area contributed by atoms with Crippen LogP contribution in [-0.4, -0.2) is 59.8 Å². The average Bonchev–Trinajstić information content (AvgIpc) is 2.59. The number of ether oxygens (including phenoxy) is 1. The number of hydrogen-bond acceptors (Lipinski definition) is 5. The minimum absolute atomic E-state index is 0.138. The third kappa shape index (κ3) is 3.95. The highest BCUT2D eigenvalue weighted by atomic mass is 19.1. The van der Waals surface area contributed by atoms with Crippen molar-refractivity contribution in [2.45, 2.75) is 6.54 Å². The van der Waals surface area contributed by atoms with E-state index in [9.17, 15) is 14.0 Å². The van der Waals surface area contributed by atoms with Crippen LogP contribution >= 0.6 is 0 Å². The zero-order valence-electron chi connectivity index (χ0n) is 13.2. The number of fused-ring (bicyclic) bond motifs is 1. The molecule has 1 fully saturated rings. The van der Waals surface area contributed by atoms with Crippen LogP contribution in [0.25, 0.3) is 10.9 Å². The first-order chi connectivity index (χ1) is 11.6. The summed E-state index contributed by atoms with van der Waals surface area (Å²) in [6, 6.07) is 3.83. The number of nitrogens with zero attached hydrogens (tertiary/aromatic N) is 3. The first kappa shape index (κ1) is 16.5. The molecule has 1 amide bonds. The molecule has 0 unspecified atom stereocenters. The Morgan fingerprint density at radius 1 is 1.33 bits per heavy atom. The van der Waals surface area contributed by atoms with Gasteiger partial charge in [-0.05, 0) is 18.2 Å². The Morgan fingerprint density at radius 3 is 2.92 bits per heavy atom. The molecule has 0 spiro atoms. The SMILES string of the molecule is O=C(Cn1cnc2ccc(F)cc2c1=O)NCCN1CCOCC1. The Labute approximate surface area is 138 Å². The zero-order valence-corrected chi connectivity index (χ0v) is 13.2. The lowest BCUT2D eigenvalue weighted by Crippen LogP contribution is -2.42. The number of amides is 1. The van der Waals surface area contributed by atoms with Crippen LogP contribution in [0, 0.1) is 5.82 Å². The summed E-state index contributed by atoms with van der Waals surface area (Å²) in [4.78, 5) is 30.6. The molecule has 1 aromatic heterocycles. The topological polar surface area (TPSA) is 76.5 Å². The smallest absolute Gasteiger partial charge is 0.261 e. The van der Waals surface area contributed by atoms with Crippen LogP contribution in [0.4, 0.5) is 4.39 Å². The van der Waals surface area contributed by atoms with Crippen LogP contribution in [0.1, 0.15) is 0 Å². The van der Waals surface area contributed by atoms with Crippen molar-refractivity contribution in [2.24, 2.45) is 0 Å². The van der Waals surface area contributed by atoms with E-state index in [4.69, 9.17) is 4.74 Å². The van der Waals surface area contributed by atoms with E-state index in [1.807, 2.05) is 0 Å². The summed E-state index contributed by atoms with van der Waals surface area (Å²) in [5.41, 5.74) is -0.0202. The number of rotatable bonds is 5. The highest BCUT2D eigenvalue weighted by molar-refractivity contribution is 5.78. The van der Waals surface area contributed by atoms with Gasteiger partial charge in [-0.3, -0.25) is 19.1 Å². The van der Waals surface area contributed by atoms with Gasteiger partial charge in [-0.1, -0.05) is 0 Å². The lowest BCUT2D eigenvalue weighted by atomic mass is 10.2. The standard InChI is InChI=1S/C16H19FN4O3/c17-12-1-2-14-13(9-12)16(23)21(11-19-14)10-15(22)18-3-4-20-5-7-24-8-6-20/h1-2,9,11H,3-8,10H2,(H,18,22). The number of carbonyl (C=O) groups excluding carboxylic acids is 1. The molecule has 0 saturated carbocycles. The summed E-state index contributed by atoms with van der Waals surface area (Å²) < 4.78 is 19.7. The molecule has 0 aliphatic carbocycles. The Balaban J connectivity index is 1.58. The minimum atomic E-state index is -0.505. The Bertz CT molecular complexity index is 786. The molecule has 0 atom stereocenters. The third-order valence-electron chi connectivity index (χ3n) is 3.95. The van der Waals surface area contributed by atoms with Gasteiger partial charge in [0.25, 0.3) is 5.56 Å².